The van der Waals surface area contributed by atoms with E-state index in [1.165, 1.54) is 13.1 Å². The van der Waals surface area contributed by atoms with Crippen LogP contribution in [-0.4, -0.2) is 45.6 Å². The number of amides is 1. The van der Waals surface area contributed by atoms with Gasteiger partial charge in [-0.2, -0.15) is 0 Å². The van der Waals surface area contributed by atoms with E-state index in [2.05, 4.69) is 0 Å². The van der Waals surface area contributed by atoms with Gasteiger partial charge in [0.25, 0.3) is 5.91 Å². The molecule has 0 aliphatic carbocycles. The molecule has 20 heavy (non-hydrogen) atoms. The summed E-state index contributed by atoms with van der Waals surface area (Å²) in [5.74, 6) is -0.159. The molecule has 1 aromatic rings. The van der Waals surface area contributed by atoms with Crippen LogP contribution in [0.25, 0.3) is 0 Å². The molecule has 112 valence electrons. The van der Waals surface area contributed by atoms with Crippen LogP contribution in [0.1, 0.15) is 24.2 Å². The monoisotopic (exact) mass is 318 g/mol. The van der Waals surface area contributed by atoms with Gasteiger partial charge in [0.15, 0.2) is 0 Å². The second-order valence-corrected chi connectivity index (χ2v) is 6.79. The molecule has 0 aliphatic rings. The van der Waals surface area contributed by atoms with Gasteiger partial charge in [0.2, 0.25) is 10.0 Å². The lowest BCUT2D eigenvalue weighted by Gasteiger charge is -2.21. The molecule has 1 rings (SSSR count). The minimum atomic E-state index is -3.35. The SMILES string of the molecule is CCN(CC)C(=O)c1ccc(N(C)S(C)(=O)=O)cc1Cl. The molecular formula is C13H19ClN2O3S. The summed E-state index contributed by atoms with van der Waals surface area (Å²) in [6.07, 6.45) is 1.11. The van der Waals surface area contributed by atoms with Gasteiger partial charge in [-0.3, -0.25) is 9.10 Å². The molecule has 1 aromatic carbocycles. The molecule has 0 spiro atoms. The number of hydrogen-bond donors (Lipinski definition) is 0. The van der Waals surface area contributed by atoms with Crippen LogP contribution in [0.5, 0.6) is 0 Å². The quantitative estimate of drug-likeness (QED) is 0.836. The highest BCUT2D eigenvalue weighted by Gasteiger charge is 2.18. The summed E-state index contributed by atoms with van der Waals surface area (Å²) in [5, 5.41) is 0.245. The van der Waals surface area contributed by atoms with Gasteiger partial charge in [0, 0.05) is 20.1 Å². The van der Waals surface area contributed by atoms with Crippen molar-refractivity contribution in [3.05, 3.63) is 28.8 Å². The van der Waals surface area contributed by atoms with Gasteiger partial charge >= 0.3 is 0 Å². The first-order valence-corrected chi connectivity index (χ1v) is 8.47. The van der Waals surface area contributed by atoms with E-state index in [4.69, 9.17) is 11.6 Å². The Morgan fingerprint density at radius 1 is 1.25 bits per heavy atom. The fraction of sp³-hybridized carbons (Fsp3) is 0.462. The molecule has 0 unspecified atom stereocenters. The second kappa shape index (κ2) is 6.45. The number of sulfonamides is 1. The number of carbonyl (C=O) groups is 1. The third-order valence-corrected chi connectivity index (χ3v) is 4.61. The van der Waals surface area contributed by atoms with E-state index in [0.717, 1.165) is 10.6 Å². The average Bonchev–Trinajstić information content (AvgIpc) is 2.37. The zero-order valence-corrected chi connectivity index (χ0v) is 13.6. The summed E-state index contributed by atoms with van der Waals surface area (Å²) in [6.45, 7) is 4.97. The summed E-state index contributed by atoms with van der Waals surface area (Å²) in [7, 11) is -1.91. The summed E-state index contributed by atoms with van der Waals surface area (Å²) < 4.78 is 24.1. The number of halogens is 1. The maximum absolute atomic E-state index is 12.2. The zero-order chi connectivity index (χ0) is 15.5. The fourth-order valence-electron chi connectivity index (χ4n) is 1.75. The largest absolute Gasteiger partial charge is 0.339 e. The van der Waals surface area contributed by atoms with Crippen LogP contribution in [0.4, 0.5) is 5.69 Å². The van der Waals surface area contributed by atoms with Crippen molar-refractivity contribution in [3.8, 4) is 0 Å². The maximum atomic E-state index is 12.2. The van der Waals surface area contributed by atoms with Crippen LogP contribution < -0.4 is 4.31 Å². The van der Waals surface area contributed by atoms with Gasteiger partial charge in [-0.05, 0) is 32.0 Å². The first-order valence-electron chi connectivity index (χ1n) is 6.25. The summed E-state index contributed by atoms with van der Waals surface area (Å²) >= 11 is 6.11. The smallest absolute Gasteiger partial charge is 0.255 e. The standard InChI is InChI=1S/C13H19ClN2O3S/c1-5-16(6-2)13(17)11-8-7-10(9-12(11)14)15(3)20(4,18)19/h7-9H,5-6H2,1-4H3. The van der Waals surface area contributed by atoms with Crippen molar-refractivity contribution in [1.29, 1.82) is 0 Å². The van der Waals surface area contributed by atoms with Crippen LogP contribution in [0, 0.1) is 0 Å². The average molecular weight is 319 g/mol. The topological polar surface area (TPSA) is 57.7 Å². The van der Waals surface area contributed by atoms with E-state index in [9.17, 15) is 13.2 Å². The molecule has 1 amide bonds. The lowest BCUT2D eigenvalue weighted by Crippen LogP contribution is -2.31. The summed E-state index contributed by atoms with van der Waals surface area (Å²) in [6, 6.07) is 4.61. The molecule has 0 saturated carbocycles. The Bertz CT molecular complexity index is 598. The normalized spacial score (nSPS) is 11.2. The highest BCUT2D eigenvalue weighted by molar-refractivity contribution is 7.92. The number of rotatable bonds is 5. The van der Waals surface area contributed by atoms with Gasteiger partial charge in [0.05, 0.1) is 22.5 Å². The van der Waals surface area contributed by atoms with Crippen molar-refractivity contribution in [1.82, 2.24) is 4.90 Å². The first kappa shape index (κ1) is 16.8. The number of carbonyl (C=O) groups excluding carboxylic acids is 1. The Hall–Kier alpha value is -1.27. The molecular weight excluding hydrogens is 300 g/mol. The van der Waals surface area contributed by atoms with E-state index < -0.39 is 10.0 Å². The van der Waals surface area contributed by atoms with Crippen molar-refractivity contribution in [3.63, 3.8) is 0 Å². The fourth-order valence-corrected chi connectivity index (χ4v) is 2.50. The van der Waals surface area contributed by atoms with Crippen molar-refractivity contribution < 1.29 is 13.2 Å². The van der Waals surface area contributed by atoms with Gasteiger partial charge < -0.3 is 4.90 Å². The van der Waals surface area contributed by atoms with E-state index in [0.29, 0.717) is 24.3 Å². The minimum Gasteiger partial charge on any atom is -0.339 e. The Labute approximate surface area is 125 Å². The highest BCUT2D eigenvalue weighted by Crippen LogP contribution is 2.25. The van der Waals surface area contributed by atoms with E-state index in [1.54, 1.807) is 17.0 Å². The Balaban J connectivity index is 3.15. The van der Waals surface area contributed by atoms with Crippen molar-refractivity contribution in [2.45, 2.75) is 13.8 Å². The molecule has 0 aliphatic heterocycles. The van der Waals surface area contributed by atoms with E-state index in [1.807, 2.05) is 13.8 Å². The molecule has 7 heteroatoms. The number of hydrogen-bond acceptors (Lipinski definition) is 3. The lowest BCUT2D eigenvalue weighted by atomic mass is 10.1. The van der Waals surface area contributed by atoms with Gasteiger partial charge in [0.1, 0.15) is 0 Å². The molecule has 0 saturated heterocycles. The molecule has 0 atom stereocenters. The van der Waals surface area contributed by atoms with Crippen molar-refractivity contribution in [2.24, 2.45) is 0 Å². The second-order valence-electron chi connectivity index (χ2n) is 4.37. The predicted octanol–water partition coefficient (Wildman–Crippen LogP) is 2.22. The Kier molecular flexibility index (Phi) is 5.42. The Morgan fingerprint density at radius 2 is 1.80 bits per heavy atom. The predicted molar refractivity (Wildman–Crippen MR) is 82.0 cm³/mol. The zero-order valence-electron chi connectivity index (χ0n) is 12.1. The molecule has 0 radical (unpaired) electrons. The molecule has 0 bridgehead atoms. The van der Waals surface area contributed by atoms with E-state index >= 15 is 0 Å². The van der Waals surface area contributed by atoms with Crippen molar-refractivity contribution >= 4 is 33.2 Å². The van der Waals surface area contributed by atoms with Gasteiger partial charge in [-0.1, -0.05) is 11.6 Å². The Morgan fingerprint density at radius 3 is 2.20 bits per heavy atom. The number of benzene rings is 1. The van der Waals surface area contributed by atoms with E-state index in [-0.39, 0.29) is 10.9 Å². The third kappa shape index (κ3) is 3.64. The van der Waals surface area contributed by atoms with Crippen LogP contribution in [0.2, 0.25) is 5.02 Å². The van der Waals surface area contributed by atoms with Crippen molar-refractivity contribution in [2.75, 3.05) is 30.7 Å². The molecule has 0 aromatic heterocycles. The molecule has 0 N–H and O–H groups in total. The number of anilines is 1. The van der Waals surface area contributed by atoms with Crippen LogP contribution in [0.15, 0.2) is 18.2 Å². The minimum absolute atomic E-state index is 0.159. The summed E-state index contributed by atoms with van der Waals surface area (Å²) in [4.78, 5) is 13.9. The molecule has 5 nitrogen and oxygen atoms in total. The molecule has 0 heterocycles. The van der Waals surface area contributed by atoms with Gasteiger partial charge in [-0.15, -0.1) is 0 Å². The van der Waals surface area contributed by atoms with Crippen LogP contribution in [0.3, 0.4) is 0 Å². The highest BCUT2D eigenvalue weighted by atomic mass is 35.5. The van der Waals surface area contributed by atoms with Gasteiger partial charge in [-0.25, -0.2) is 8.42 Å². The maximum Gasteiger partial charge on any atom is 0.255 e. The third-order valence-electron chi connectivity index (χ3n) is 3.09. The van der Waals surface area contributed by atoms with Crippen LogP contribution >= 0.6 is 11.6 Å². The molecule has 0 fully saturated rings. The summed E-state index contributed by atoms with van der Waals surface area (Å²) in [5.41, 5.74) is 0.801. The lowest BCUT2D eigenvalue weighted by molar-refractivity contribution is 0.0773. The number of nitrogens with zero attached hydrogens (tertiary/aromatic N) is 2. The first-order chi connectivity index (χ1) is 9.22. The van der Waals surface area contributed by atoms with Crippen LogP contribution in [-0.2, 0) is 10.0 Å².